The van der Waals surface area contributed by atoms with Gasteiger partial charge in [0, 0.05) is 18.8 Å². The van der Waals surface area contributed by atoms with E-state index in [2.05, 4.69) is 101 Å². The van der Waals surface area contributed by atoms with E-state index in [0.717, 1.165) is 13.1 Å². The first kappa shape index (κ1) is 15.0. The molecule has 0 saturated carbocycles. The van der Waals surface area contributed by atoms with Crippen LogP contribution in [0.1, 0.15) is 23.2 Å². The molecular formula is C22H22N2. The highest BCUT2D eigenvalue weighted by atomic mass is 15.2. The summed E-state index contributed by atoms with van der Waals surface area (Å²) >= 11 is 0. The van der Waals surface area contributed by atoms with E-state index in [4.69, 9.17) is 0 Å². The molecule has 24 heavy (non-hydrogen) atoms. The molecule has 1 aliphatic rings. The Labute approximate surface area is 143 Å². The highest BCUT2D eigenvalue weighted by Gasteiger charge is 2.33. The number of piperazine rings is 1. The van der Waals surface area contributed by atoms with Crippen LogP contribution in [0.15, 0.2) is 91.0 Å². The third kappa shape index (κ3) is 2.93. The Bertz CT molecular complexity index is 708. The Kier molecular flexibility index (Phi) is 4.30. The van der Waals surface area contributed by atoms with Gasteiger partial charge in [0.15, 0.2) is 0 Å². The summed E-state index contributed by atoms with van der Waals surface area (Å²) < 4.78 is 0. The lowest BCUT2D eigenvalue weighted by Crippen LogP contribution is -2.48. The SMILES string of the molecule is c1ccc(C2NCCN(c3ccccc3)C2c2ccccc2)cc1. The second-order valence-electron chi connectivity index (χ2n) is 6.23. The van der Waals surface area contributed by atoms with E-state index < -0.39 is 0 Å². The van der Waals surface area contributed by atoms with Crippen molar-refractivity contribution in [3.05, 3.63) is 102 Å². The molecule has 2 heteroatoms. The fourth-order valence-corrected chi connectivity index (χ4v) is 3.66. The summed E-state index contributed by atoms with van der Waals surface area (Å²) in [5.74, 6) is 0. The molecule has 2 unspecified atom stereocenters. The average molecular weight is 314 g/mol. The molecule has 4 rings (SSSR count). The Morgan fingerprint density at radius 3 is 1.83 bits per heavy atom. The van der Waals surface area contributed by atoms with Crippen molar-refractivity contribution in [3.63, 3.8) is 0 Å². The van der Waals surface area contributed by atoms with E-state index in [1.807, 2.05) is 0 Å². The molecule has 0 aromatic heterocycles. The number of anilines is 1. The monoisotopic (exact) mass is 314 g/mol. The zero-order chi connectivity index (χ0) is 16.2. The normalized spacial score (nSPS) is 20.8. The van der Waals surface area contributed by atoms with Crippen molar-refractivity contribution in [2.24, 2.45) is 0 Å². The van der Waals surface area contributed by atoms with Crippen molar-refractivity contribution >= 4 is 5.69 Å². The highest BCUT2D eigenvalue weighted by Crippen LogP contribution is 2.38. The molecule has 0 bridgehead atoms. The van der Waals surface area contributed by atoms with Gasteiger partial charge in [-0.2, -0.15) is 0 Å². The van der Waals surface area contributed by atoms with E-state index in [1.54, 1.807) is 0 Å². The van der Waals surface area contributed by atoms with Crippen LogP contribution in [-0.4, -0.2) is 13.1 Å². The first-order chi connectivity index (χ1) is 11.9. The van der Waals surface area contributed by atoms with Crippen molar-refractivity contribution in [1.82, 2.24) is 5.32 Å². The van der Waals surface area contributed by atoms with Gasteiger partial charge in [-0.25, -0.2) is 0 Å². The minimum Gasteiger partial charge on any atom is -0.361 e. The molecule has 1 fully saturated rings. The van der Waals surface area contributed by atoms with E-state index >= 15 is 0 Å². The molecule has 0 spiro atoms. The van der Waals surface area contributed by atoms with E-state index in [-0.39, 0.29) is 12.1 Å². The van der Waals surface area contributed by atoms with Gasteiger partial charge < -0.3 is 10.2 Å². The summed E-state index contributed by atoms with van der Waals surface area (Å²) in [6.45, 7) is 1.99. The smallest absolute Gasteiger partial charge is 0.0737 e. The minimum atomic E-state index is 0.280. The Morgan fingerprint density at radius 2 is 1.21 bits per heavy atom. The zero-order valence-corrected chi connectivity index (χ0v) is 13.7. The van der Waals surface area contributed by atoms with Gasteiger partial charge in [0.2, 0.25) is 0 Å². The molecule has 0 aliphatic carbocycles. The standard InChI is InChI=1S/C22H22N2/c1-4-10-18(11-5-1)21-22(19-12-6-2-7-13-19)24(17-16-23-21)20-14-8-3-9-15-20/h1-15,21-23H,16-17H2. The summed E-state index contributed by atoms with van der Waals surface area (Å²) in [6.07, 6.45) is 0. The fourth-order valence-electron chi connectivity index (χ4n) is 3.66. The first-order valence-electron chi connectivity index (χ1n) is 8.58. The summed E-state index contributed by atoms with van der Waals surface area (Å²) in [4.78, 5) is 2.53. The second kappa shape index (κ2) is 6.90. The Hall–Kier alpha value is -2.58. The molecule has 1 N–H and O–H groups in total. The lowest BCUT2D eigenvalue weighted by molar-refractivity contribution is 0.380. The van der Waals surface area contributed by atoms with Crippen LogP contribution >= 0.6 is 0 Å². The van der Waals surface area contributed by atoms with Gasteiger partial charge in [0.05, 0.1) is 12.1 Å². The van der Waals surface area contributed by atoms with Crippen LogP contribution in [-0.2, 0) is 0 Å². The third-order valence-electron chi connectivity index (χ3n) is 4.76. The van der Waals surface area contributed by atoms with Crippen LogP contribution in [0, 0.1) is 0 Å². The van der Waals surface area contributed by atoms with Gasteiger partial charge in [-0.05, 0) is 23.3 Å². The lowest BCUT2D eigenvalue weighted by atomic mass is 9.90. The maximum Gasteiger partial charge on any atom is 0.0737 e. The number of nitrogens with zero attached hydrogens (tertiary/aromatic N) is 1. The molecular weight excluding hydrogens is 292 g/mol. The van der Waals surface area contributed by atoms with E-state index in [9.17, 15) is 0 Å². The van der Waals surface area contributed by atoms with Crippen LogP contribution in [0.3, 0.4) is 0 Å². The average Bonchev–Trinajstić information content (AvgIpc) is 2.69. The molecule has 1 aliphatic heterocycles. The Morgan fingerprint density at radius 1 is 0.667 bits per heavy atom. The summed E-state index contributed by atoms with van der Waals surface area (Å²) in [5.41, 5.74) is 3.98. The molecule has 2 nitrogen and oxygen atoms in total. The fraction of sp³-hybridized carbons (Fsp3) is 0.182. The van der Waals surface area contributed by atoms with Crippen LogP contribution in [0.4, 0.5) is 5.69 Å². The zero-order valence-electron chi connectivity index (χ0n) is 13.7. The summed E-state index contributed by atoms with van der Waals surface area (Å²) in [6, 6.07) is 32.9. The number of rotatable bonds is 3. The number of hydrogen-bond acceptors (Lipinski definition) is 2. The first-order valence-corrected chi connectivity index (χ1v) is 8.58. The summed E-state index contributed by atoms with van der Waals surface area (Å²) in [5, 5.41) is 3.74. The predicted molar refractivity (Wildman–Crippen MR) is 100 cm³/mol. The van der Waals surface area contributed by atoms with Crippen molar-refractivity contribution in [3.8, 4) is 0 Å². The van der Waals surface area contributed by atoms with Crippen molar-refractivity contribution in [2.45, 2.75) is 12.1 Å². The topological polar surface area (TPSA) is 15.3 Å². The van der Waals surface area contributed by atoms with Crippen LogP contribution in [0.5, 0.6) is 0 Å². The van der Waals surface area contributed by atoms with Gasteiger partial charge >= 0.3 is 0 Å². The molecule has 0 radical (unpaired) electrons. The number of nitrogens with one attached hydrogen (secondary N) is 1. The van der Waals surface area contributed by atoms with Crippen molar-refractivity contribution in [2.75, 3.05) is 18.0 Å². The van der Waals surface area contributed by atoms with Crippen molar-refractivity contribution < 1.29 is 0 Å². The van der Waals surface area contributed by atoms with Gasteiger partial charge in [-0.1, -0.05) is 78.9 Å². The van der Waals surface area contributed by atoms with E-state index in [0.29, 0.717) is 0 Å². The maximum absolute atomic E-state index is 3.74. The molecule has 2 atom stereocenters. The number of benzene rings is 3. The quantitative estimate of drug-likeness (QED) is 0.761. The third-order valence-corrected chi connectivity index (χ3v) is 4.76. The van der Waals surface area contributed by atoms with E-state index in [1.165, 1.54) is 16.8 Å². The predicted octanol–water partition coefficient (Wildman–Crippen LogP) is 4.58. The van der Waals surface area contributed by atoms with Gasteiger partial charge in [-0.15, -0.1) is 0 Å². The molecule has 0 amide bonds. The summed E-state index contributed by atoms with van der Waals surface area (Å²) in [7, 11) is 0. The van der Waals surface area contributed by atoms with Crippen LogP contribution in [0.2, 0.25) is 0 Å². The van der Waals surface area contributed by atoms with Crippen LogP contribution < -0.4 is 10.2 Å². The van der Waals surface area contributed by atoms with Gasteiger partial charge in [-0.3, -0.25) is 0 Å². The second-order valence-corrected chi connectivity index (χ2v) is 6.23. The largest absolute Gasteiger partial charge is 0.361 e. The molecule has 120 valence electrons. The minimum absolute atomic E-state index is 0.280. The molecule has 3 aromatic carbocycles. The molecule has 1 saturated heterocycles. The number of para-hydroxylation sites is 1. The molecule has 1 heterocycles. The highest BCUT2D eigenvalue weighted by molar-refractivity contribution is 5.51. The Balaban J connectivity index is 1.79. The lowest BCUT2D eigenvalue weighted by Gasteiger charge is -2.44. The maximum atomic E-state index is 3.74. The number of hydrogen-bond donors (Lipinski definition) is 1. The molecule has 3 aromatic rings. The van der Waals surface area contributed by atoms with Gasteiger partial charge in [0.25, 0.3) is 0 Å². The van der Waals surface area contributed by atoms with Crippen molar-refractivity contribution in [1.29, 1.82) is 0 Å². The van der Waals surface area contributed by atoms with Crippen LogP contribution in [0.25, 0.3) is 0 Å². The van der Waals surface area contributed by atoms with Gasteiger partial charge in [0.1, 0.15) is 0 Å².